The van der Waals surface area contributed by atoms with Crippen molar-refractivity contribution in [1.29, 1.82) is 0 Å². The van der Waals surface area contributed by atoms with Gasteiger partial charge in [-0.15, -0.1) is 0 Å². The Morgan fingerprint density at radius 1 is 1.62 bits per heavy atom. The van der Waals surface area contributed by atoms with Gasteiger partial charge < -0.3 is 4.74 Å². The molecule has 1 aliphatic carbocycles. The van der Waals surface area contributed by atoms with E-state index in [4.69, 9.17) is 4.74 Å². The molecular weight excluding hydrogens is 164 g/mol. The topological polar surface area (TPSA) is 26.3 Å². The van der Waals surface area contributed by atoms with Gasteiger partial charge in [-0.3, -0.25) is 0 Å². The van der Waals surface area contributed by atoms with E-state index in [1.807, 2.05) is 0 Å². The molecular formula is C11H16O2. The highest BCUT2D eigenvalue weighted by molar-refractivity contribution is 5.87. The van der Waals surface area contributed by atoms with Gasteiger partial charge in [0.15, 0.2) is 0 Å². The van der Waals surface area contributed by atoms with Crippen LogP contribution in [0.4, 0.5) is 0 Å². The Labute approximate surface area is 79.3 Å². The third-order valence-corrected chi connectivity index (χ3v) is 2.12. The molecule has 0 spiro atoms. The molecule has 0 aliphatic heterocycles. The minimum atomic E-state index is -0.271. The van der Waals surface area contributed by atoms with Crippen LogP contribution in [-0.4, -0.2) is 12.1 Å². The maximum absolute atomic E-state index is 11.2. The third-order valence-electron chi connectivity index (χ3n) is 2.12. The van der Waals surface area contributed by atoms with E-state index >= 15 is 0 Å². The van der Waals surface area contributed by atoms with Crippen molar-refractivity contribution in [2.45, 2.75) is 32.8 Å². The molecule has 2 nitrogen and oxygen atoms in total. The summed E-state index contributed by atoms with van der Waals surface area (Å²) in [5.41, 5.74) is 0.474. The van der Waals surface area contributed by atoms with Crippen molar-refractivity contribution in [3.63, 3.8) is 0 Å². The molecule has 0 N–H and O–H groups in total. The fourth-order valence-electron chi connectivity index (χ4n) is 1.40. The average molecular weight is 180 g/mol. The maximum atomic E-state index is 11.2. The van der Waals surface area contributed by atoms with Crippen molar-refractivity contribution >= 4 is 5.97 Å². The summed E-state index contributed by atoms with van der Waals surface area (Å²) in [5.74, 6) is 0.240. The first kappa shape index (κ1) is 10.0. The van der Waals surface area contributed by atoms with Gasteiger partial charge in [0.25, 0.3) is 0 Å². The molecule has 1 rings (SSSR count). The average Bonchev–Trinajstić information content (AvgIpc) is 2.04. The zero-order valence-corrected chi connectivity index (χ0v) is 8.25. The van der Waals surface area contributed by atoms with Gasteiger partial charge in [-0.05, 0) is 19.3 Å². The Morgan fingerprint density at radius 3 is 2.85 bits per heavy atom. The summed E-state index contributed by atoms with van der Waals surface area (Å²) in [6.45, 7) is 7.34. The molecule has 0 radical (unpaired) electrons. The smallest absolute Gasteiger partial charge is 0.333 e. The maximum Gasteiger partial charge on any atom is 0.333 e. The second-order valence-electron chi connectivity index (χ2n) is 3.68. The summed E-state index contributed by atoms with van der Waals surface area (Å²) in [5, 5.41) is 0. The standard InChI is InChI=1S/C11H16O2/c1-8(2)11(12)13-10-6-4-5-9(3)7-10/h4-5,9-10H,1,6-7H2,2-3H3. The minimum Gasteiger partial charge on any atom is -0.459 e. The van der Waals surface area contributed by atoms with Crippen LogP contribution in [-0.2, 0) is 9.53 Å². The highest BCUT2D eigenvalue weighted by atomic mass is 16.5. The molecule has 0 aromatic carbocycles. The van der Waals surface area contributed by atoms with E-state index in [9.17, 15) is 4.79 Å². The van der Waals surface area contributed by atoms with Crippen molar-refractivity contribution in [1.82, 2.24) is 0 Å². The summed E-state index contributed by atoms with van der Waals surface area (Å²) in [6, 6.07) is 0. The monoisotopic (exact) mass is 180 g/mol. The van der Waals surface area contributed by atoms with E-state index in [0.717, 1.165) is 12.8 Å². The van der Waals surface area contributed by atoms with Crippen LogP contribution < -0.4 is 0 Å². The van der Waals surface area contributed by atoms with Crippen molar-refractivity contribution < 1.29 is 9.53 Å². The fourth-order valence-corrected chi connectivity index (χ4v) is 1.40. The number of rotatable bonds is 2. The second-order valence-corrected chi connectivity index (χ2v) is 3.68. The number of carbonyl (C=O) groups excluding carboxylic acids is 1. The van der Waals surface area contributed by atoms with E-state index in [1.165, 1.54) is 0 Å². The van der Waals surface area contributed by atoms with Crippen LogP contribution >= 0.6 is 0 Å². The molecule has 2 heteroatoms. The first-order valence-electron chi connectivity index (χ1n) is 4.62. The summed E-state index contributed by atoms with van der Waals surface area (Å²) < 4.78 is 5.23. The molecule has 72 valence electrons. The van der Waals surface area contributed by atoms with Crippen LogP contribution in [0.5, 0.6) is 0 Å². The lowest BCUT2D eigenvalue weighted by atomic mass is 9.95. The van der Waals surface area contributed by atoms with Gasteiger partial charge >= 0.3 is 5.97 Å². The van der Waals surface area contributed by atoms with Gasteiger partial charge in [0, 0.05) is 12.0 Å². The van der Waals surface area contributed by atoms with Gasteiger partial charge in [0.1, 0.15) is 6.10 Å². The summed E-state index contributed by atoms with van der Waals surface area (Å²) in [4.78, 5) is 11.2. The molecule has 0 aromatic rings. The molecule has 1 aliphatic rings. The van der Waals surface area contributed by atoms with Crippen LogP contribution in [0.15, 0.2) is 24.3 Å². The predicted octanol–water partition coefficient (Wildman–Crippen LogP) is 2.46. The minimum absolute atomic E-state index is 0.0456. The third kappa shape index (κ3) is 3.05. The van der Waals surface area contributed by atoms with Gasteiger partial charge in [-0.1, -0.05) is 25.7 Å². The molecule has 0 fully saturated rings. The summed E-state index contributed by atoms with van der Waals surface area (Å²) in [6.07, 6.45) is 6.04. The van der Waals surface area contributed by atoms with E-state index in [1.54, 1.807) is 6.92 Å². The van der Waals surface area contributed by atoms with E-state index < -0.39 is 0 Å². The predicted molar refractivity (Wildman–Crippen MR) is 52.2 cm³/mol. The number of carbonyl (C=O) groups is 1. The Kier molecular flexibility index (Phi) is 3.29. The van der Waals surface area contributed by atoms with Crippen molar-refractivity contribution in [2.75, 3.05) is 0 Å². The van der Waals surface area contributed by atoms with Crippen LogP contribution in [0.3, 0.4) is 0 Å². The van der Waals surface area contributed by atoms with Crippen LogP contribution in [0.2, 0.25) is 0 Å². The lowest BCUT2D eigenvalue weighted by molar-refractivity contribution is -0.144. The lowest BCUT2D eigenvalue weighted by Crippen LogP contribution is -2.22. The first-order chi connectivity index (χ1) is 6.09. The van der Waals surface area contributed by atoms with Crippen molar-refractivity contribution in [3.8, 4) is 0 Å². The highest BCUT2D eigenvalue weighted by Crippen LogP contribution is 2.20. The molecule has 0 amide bonds. The summed E-state index contributed by atoms with van der Waals surface area (Å²) >= 11 is 0. The number of esters is 1. The van der Waals surface area contributed by atoms with Gasteiger partial charge in [0.2, 0.25) is 0 Å². The molecule has 0 aromatic heterocycles. The van der Waals surface area contributed by atoms with Gasteiger partial charge in [0.05, 0.1) is 0 Å². The lowest BCUT2D eigenvalue weighted by Gasteiger charge is -2.22. The molecule has 2 unspecified atom stereocenters. The zero-order chi connectivity index (χ0) is 9.84. The molecule has 2 atom stereocenters. The Bertz CT molecular complexity index is 240. The quantitative estimate of drug-likeness (QED) is 0.370. The Balaban J connectivity index is 2.42. The number of allylic oxidation sites excluding steroid dienone is 1. The van der Waals surface area contributed by atoms with Crippen molar-refractivity contribution in [3.05, 3.63) is 24.3 Å². The highest BCUT2D eigenvalue weighted by Gasteiger charge is 2.18. The van der Waals surface area contributed by atoms with Crippen LogP contribution in [0.1, 0.15) is 26.7 Å². The van der Waals surface area contributed by atoms with Gasteiger partial charge in [-0.25, -0.2) is 4.79 Å². The molecule has 13 heavy (non-hydrogen) atoms. The Hall–Kier alpha value is -1.05. The zero-order valence-electron chi connectivity index (χ0n) is 8.25. The Morgan fingerprint density at radius 2 is 2.31 bits per heavy atom. The normalized spacial score (nSPS) is 26.9. The largest absolute Gasteiger partial charge is 0.459 e. The molecule has 0 bridgehead atoms. The van der Waals surface area contributed by atoms with Crippen LogP contribution in [0, 0.1) is 5.92 Å². The van der Waals surface area contributed by atoms with E-state index in [2.05, 4.69) is 25.7 Å². The fraction of sp³-hybridized carbons (Fsp3) is 0.545. The first-order valence-corrected chi connectivity index (χ1v) is 4.62. The second kappa shape index (κ2) is 4.26. The number of hydrogen-bond donors (Lipinski definition) is 0. The van der Waals surface area contributed by atoms with E-state index in [0.29, 0.717) is 11.5 Å². The summed E-state index contributed by atoms with van der Waals surface area (Å²) in [7, 11) is 0. The number of ether oxygens (including phenoxy) is 1. The molecule has 0 saturated carbocycles. The SMILES string of the molecule is C=C(C)C(=O)OC1CC=CC(C)C1. The van der Waals surface area contributed by atoms with Gasteiger partial charge in [-0.2, -0.15) is 0 Å². The van der Waals surface area contributed by atoms with Crippen LogP contribution in [0.25, 0.3) is 0 Å². The van der Waals surface area contributed by atoms with Crippen molar-refractivity contribution in [2.24, 2.45) is 5.92 Å². The molecule has 0 heterocycles. The number of hydrogen-bond acceptors (Lipinski definition) is 2. The molecule has 0 saturated heterocycles. The van der Waals surface area contributed by atoms with E-state index in [-0.39, 0.29) is 12.1 Å².